The summed E-state index contributed by atoms with van der Waals surface area (Å²) in [4.78, 5) is 12.3. The maximum atomic E-state index is 12.3. The Morgan fingerprint density at radius 1 is 1.40 bits per heavy atom. The Hall–Kier alpha value is -0.660. The van der Waals surface area contributed by atoms with Crippen molar-refractivity contribution in [3.8, 4) is 0 Å². The Morgan fingerprint density at radius 3 is 2.65 bits per heavy atom. The molecular weight excluding hydrogens is 278 g/mol. The molecular formula is C13H25N3O3S. The molecule has 116 valence electrons. The van der Waals surface area contributed by atoms with E-state index in [1.807, 2.05) is 6.92 Å². The van der Waals surface area contributed by atoms with Gasteiger partial charge in [0.2, 0.25) is 15.9 Å². The van der Waals surface area contributed by atoms with Gasteiger partial charge in [-0.25, -0.2) is 8.42 Å². The molecule has 0 bridgehead atoms. The van der Waals surface area contributed by atoms with Crippen LogP contribution in [0.4, 0.5) is 0 Å². The number of nitrogens with two attached hydrogens (primary N) is 1. The number of nitrogens with one attached hydrogen (secondary N) is 1. The standard InChI is InChI=1S/C13H25N3O3S/c1-2-8-20(18,19)16-7-3-4-12(16)13(17)15-11(9-14)10-5-6-10/h10-12H,2-9,14H2,1H3,(H,15,17). The minimum absolute atomic E-state index is 0.00108. The lowest BCUT2D eigenvalue weighted by molar-refractivity contribution is -0.125. The van der Waals surface area contributed by atoms with Crippen LogP contribution in [0.3, 0.4) is 0 Å². The van der Waals surface area contributed by atoms with Crippen LogP contribution in [0.25, 0.3) is 0 Å². The summed E-state index contributed by atoms with van der Waals surface area (Å²) in [6.07, 6.45) is 4.13. The molecule has 1 aliphatic carbocycles. The molecule has 0 aromatic rings. The minimum atomic E-state index is -3.31. The Labute approximate surface area is 121 Å². The van der Waals surface area contributed by atoms with E-state index in [0.717, 1.165) is 19.3 Å². The van der Waals surface area contributed by atoms with Crippen molar-refractivity contribution in [2.45, 2.75) is 51.1 Å². The third-order valence-corrected chi connectivity index (χ3v) is 6.17. The summed E-state index contributed by atoms with van der Waals surface area (Å²) in [7, 11) is -3.31. The molecule has 20 heavy (non-hydrogen) atoms. The summed E-state index contributed by atoms with van der Waals surface area (Å²) in [6.45, 7) is 2.71. The molecule has 7 heteroatoms. The van der Waals surface area contributed by atoms with Crippen molar-refractivity contribution in [3.05, 3.63) is 0 Å². The van der Waals surface area contributed by atoms with Crippen LogP contribution >= 0.6 is 0 Å². The molecule has 1 heterocycles. The molecule has 1 saturated heterocycles. The molecule has 1 amide bonds. The van der Waals surface area contributed by atoms with Crippen molar-refractivity contribution >= 4 is 15.9 Å². The Morgan fingerprint density at radius 2 is 2.10 bits per heavy atom. The van der Waals surface area contributed by atoms with Crippen molar-refractivity contribution in [2.24, 2.45) is 11.7 Å². The average molecular weight is 303 g/mol. The van der Waals surface area contributed by atoms with E-state index in [1.54, 1.807) is 0 Å². The van der Waals surface area contributed by atoms with E-state index in [9.17, 15) is 13.2 Å². The zero-order chi connectivity index (χ0) is 14.8. The topological polar surface area (TPSA) is 92.5 Å². The van der Waals surface area contributed by atoms with Crippen molar-refractivity contribution in [3.63, 3.8) is 0 Å². The maximum Gasteiger partial charge on any atom is 0.238 e. The normalized spacial score (nSPS) is 25.6. The summed E-state index contributed by atoms with van der Waals surface area (Å²) in [5.41, 5.74) is 5.68. The molecule has 1 aliphatic heterocycles. The molecule has 2 rings (SSSR count). The van der Waals surface area contributed by atoms with Crippen LogP contribution in [-0.4, -0.2) is 49.6 Å². The van der Waals surface area contributed by atoms with E-state index in [2.05, 4.69) is 5.32 Å². The highest BCUT2D eigenvalue weighted by Crippen LogP contribution is 2.32. The fourth-order valence-electron chi connectivity index (χ4n) is 2.86. The monoisotopic (exact) mass is 303 g/mol. The second-order valence-corrected chi connectivity index (χ2v) is 7.81. The molecule has 2 aliphatic rings. The molecule has 3 N–H and O–H groups in total. The quantitative estimate of drug-likeness (QED) is 0.695. The lowest BCUT2D eigenvalue weighted by atomic mass is 10.1. The third-order valence-electron chi connectivity index (χ3n) is 4.10. The van der Waals surface area contributed by atoms with Gasteiger partial charge in [0.25, 0.3) is 0 Å². The van der Waals surface area contributed by atoms with Crippen molar-refractivity contribution in [1.29, 1.82) is 0 Å². The van der Waals surface area contributed by atoms with Gasteiger partial charge >= 0.3 is 0 Å². The number of amides is 1. The fraction of sp³-hybridized carbons (Fsp3) is 0.923. The first-order valence-corrected chi connectivity index (χ1v) is 9.10. The maximum absolute atomic E-state index is 12.3. The van der Waals surface area contributed by atoms with Crippen LogP contribution in [0.15, 0.2) is 0 Å². The molecule has 0 aromatic carbocycles. The van der Waals surface area contributed by atoms with Crippen LogP contribution in [-0.2, 0) is 14.8 Å². The Balaban J connectivity index is 2.00. The van der Waals surface area contributed by atoms with Gasteiger partial charge in [-0.2, -0.15) is 4.31 Å². The smallest absolute Gasteiger partial charge is 0.238 e. The minimum Gasteiger partial charge on any atom is -0.350 e. The molecule has 2 fully saturated rings. The second-order valence-electron chi connectivity index (χ2n) is 5.77. The van der Waals surface area contributed by atoms with Crippen LogP contribution in [0.2, 0.25) is 0 Å². The first kappa shape index (κ1) is 15.7. The molecule has 0 radical (unpaired) electrons. The van der Waals surface area contributed by atoms with E-state index >= 15 is 0 Å². The molecule has 0 aromatic heterocycles. The zero-order valence-corrected chi connectivity index (χ0v) is 12.9. The number of rotatable bonds is 7. The second kappa shape index (κ2) is 6.41. The van der Waals surface area contributed by atoms with E-state index < -0.39 is 16.1 Å². The number of hydrogen-bond acceptors (Lipinski definition) is 4. The first-order chi connectivity index (χ1) is 9.49. The summed E-state index contributed by atoms with van der Waals surface area (Å²) in [5, 5.41) is 2.94. The molecule has 6 nitrogen and oxygen atoms in total. The van der Waals surface area contributed by atoms with Crippen LogP contribution in [0.5, 0.6) is 0 Å². The highest BCUT2D eigenvalue weighted by atomic mass is 32.2. The lowest BCUT2D eigenvalue weighted by Gasteiger charge is -2.25. The fourth-order valence-corrected chi connectivity index (χ4v) is 4.60. The highest BCUT2D eigenvalue weighted by molar-refractivity contribution is 7.89. The number of carbonyl (C=O) groups excluding carboxylic acids is 1. The Bertz CT molecular complexity index is 448. The molecule has 2 unspecified atom stereocenters. The predicted octanol–water partition coefficient (Wildman–Crippen LogP) is 0.0441. The Kier molecular flexibility index (Phi) is 5.04. The summed E-state index contributed by atoms with van der Waals surface area (Å²) in [5.74, 6) is 0.412. The number of hydrogen-bond donors (Lipinski definition) is 2. The van der Waals surface area contributed by atoms with Gasteiger partial charge < -0.3 is 11.1 Å². The van der Waals surface area contributed by atoms with E-state index in [1.165, 1.54) is 4.31 Å². The SMILES string of the molecule is CCCS(=O)(=O)N1CCCC1C(=O)NC(CN)C1CC1. The number of carbonyl (C=O) groups is 1. The lowest BCUT2D eigenvalue weighted by Crippen LogP contribution is -2.51. The summed E-state index contributed by atoms with van der Waals surface area (Å²) >= 11 is 0. The van der Waals surface area contributed by atoms with Crippen molar-refractivity contribution in [1.82, 2.24) is 9.62 Å². The van der Waals surface area contributed by atoms with Gasteiger partial charge in [0, 0.05) is 19.1 Å². The van der Waals surface area contributed by atoms with Crippen LogP contribution in [0, 0.1) is 5.92 Å². The van der Waals surface area contributed by atoms with Gasteiger partial charge in [-0.3, -0.25) is 4.79 Å². The summed E-state index contributed by atoms with van der Waals surface area (Å²) in [6, 6.07) is -0.543. The third kappa shape index (κ3) is 3.51. The van der Waals surface area contributed by atoms with Gasteiger partial charge in [0.1, 0.15) is 6.04 Å². The van der Waals surface area contributed by atoms with Crippen molar-refractivity contribution in [2.75, 3.05) is 18.8 Å². The summed E-state index contributed by atoms with van der Waals surface area (Å²) < 4.78 is 25.7. The van der Waals surface area contributed by atoms with Crippen LogP contribution in [0.1, 0.15) is 39.0 Å². The largest absolute Gasteiger partial charge is 0.350 e. The van der Waals surface area contributed by atoms with Gasteiger partial charge in [0.15, 0.2) is 0 Å². The molecule has 2 atom stereocenters. The molecule has 0 spiro atoms. The van der Waals surface area contributed by atoms with Crippen molar-refractivity contribution < 1.29 is 13.2 Å². The number of sulfonamides is 1. The molecule has 1 saturated carbocycles. The zero-order valence-electron chi connectivity index (χ0n) is 12.0. The van der Waals surface area contributed by atoms with Gasteiger partial charge in [-0.05, 0) is 38.0 Å². The number of nitrogens with zero attached hydrogens (tertiary/aromatic N) is 1. The first-order valence-electron chi connectivity index (χ1n) is 7.49. The van der Waals surface area contributed by atoms with E-state index in [0.29, 0.717) is 31.8 Å². The predicted molar refractivity (Wildman–Crippen MR) is 77.5 cm³/mol. The van der Waals surface area contributed by atoms with Gasteiger partial charge in [-0.15, -0.1) is 0 Å². The van der Waals surface area contributed by atoms with Gasteiger partial charge in [-0.1, -0.05) is 6.92 Å². The highest BCUT2D eigenvalue weighted by Gasteiger charge is 2.40. The average Bonchev–Trinajstić information content (AvgIpc) is 3.10. The van der Waals surface area contributed by atoms with Crippen LogP contribution < -0.4 is 11.1 Å². The van der Waals surface area contributed by atoms with E-state index in [-0.39, 0.29) is 17.7 Å². The van der Waals surface area contributed by atoms with E-state index in [4.69, 9.17) is 5.73 Å². The van der Waals surface area contributed by atoms with Gasteiger partial charge in [0.05, 0.1) is 5.75 Å².